The van der Waals surface area contributed by atoms with Gasteiger partial charge in [-0.05, 0) is 12.5 Å². The molecule has 2 atom stereocenters. The Morgan fingerprint density at radius 1 is 1.08 bits per heavy atom. The SMILES string of the molecule is CCCS(=O)(=O)Nc1ccc(F)c(C(=O)c2c[nH]c3ncc(-c4ccc([I-]c5cccc6c5C(=O)N(C5CCC(O)NC5=O)C6)cc4)cc23)c1F. The maximum atomic E-state index is 15.5. The summed E-state index contributed by atoms with van der Waals surface area (Å²) in [4.78, 5) is 48.5. The molecule has 1 saturated heterocycles. The first kappa shape index (κ1) is 34.7. The third-order valence-electron chi connectivity index (χ3n) is 8.84. The predicted octanol–water partition coefficient (Wildman–Crippen LogP) is 1.57. The fourth-order valence-electron chi connectivity index (χ4n) is 6.38. The Labute approximate surface area is 301 Å². The minimum absolute atomic E-state index is 0.0354. The van der Waals surface area contributed by atoms with Crippen LogP contribution in [-0.2, 0) is 21.4 Å². The molecule has 15 heteroatoms. The summed E-state index contributed by atoms with van der Waals surface area (Å²) < 4.78 is 58.9. The Morgan fingerprint density at radius 3 is 2.61 bits per heavy atom. The molecule has 2 aromatic heterocycles. The third-order valence-corrected chi connectivity index (χ3v) is 13.1. The number of anilines is 1. The molecule has 2 amide bonds. The molecule has 4 heterocycles. The molecule has 5 aromatic rings. The van der Waals surface area contributed by atoms with Crippen LogP contribution >= 0.6 is 0 Å². The van der Waals surface area contributed by atoms with Gasteiger partial charge in [0.1, 0.15) is 0 Å². The molecule has 0 saturated carbocycles. The van der Waals surface area contributed by atoms with Crippen LogP contribution in [0.2, 0.25) is 0 Å². The van der Waals surface area contributed by atoms with E-state index in [0.717, 1.165) is 30.4 Å². The molecular formula is C36H31F2IN5O6S-. The first-order valence-electron chi connectivity index (χ1n) is 16.1. The number of aliphatic hydroxyl groups is 1. The standard InChI is InChI=1S/C36H31F2IN5O6S/c1-2-14-51(49,50)43-27-11-10-25(37)31(32(27)38)33(46)24-17-41-34-23(24)15-21(16-40-34)19-6-8-22(9-7-19)39-26-5-3-4-20-18-44(36(48)30(20)26)28-12-13-29(45)42-35(28)47/h3-11,15-17,28-29,43,45H,2,12-14,18H2,1H3,(H,40,41)(H,42,47)/q-1. The average molecular weight is 827 g/mol. The summed E-state index contributed by atoms with van der Waals surface area (Å²) in [6.45, 7) is 1.98. The normalized spacial score (nSPS) is 17.5. The zero-order chi connectivity index (χ0) is 36.0. The van der Waals surface area contributed by atoms with E-state index in [0.29, 0.717) is 41.5 Å². The second kappa shape index (κ2) is 13.8. The Bertz CT molecular complexity index is 2330. The molecule has 0 aliphatic carbocycles. The van der Waals surface area contributed by atoms with E-state index in [-0.39, 0.29) is 29.6 Å². The fourth-order valence-corrected chi connectivity index (χ4v) is 10.1. The molecule has 2 aliphatic rings. The van der Waals surface area contributed by atoms with Gasteiger partial charge in [0.05, 0.1) is 5.75 Å². The number of ketones is 1. The van der Waals surface area contributed by atoms with Crippen LogP contribution in [0.4, 0.5) is 14.5 Å². The van der Waals surface area contributed by atoms with E-state index < -0.39 is 72.2 Å². The van der Waals surface area contributed by atoms with Crippen molar-refractivity contribution in [3.05, 3.63) is 114 Å². The quantitative estimate of drug-likeness (QED) is 0.123. The van der Waals surface area contributed by atoms with Crippen molar-refractivity contribution in [2.24, 2.45) is 0 Å². The molecule has 11 nitrogen and oxygen atoms in total. The van der Waals surface area contributed by atoms with Crippen LogP contribution < -0.4 is 31.2 Å². The van der Waals surface area contributed by atoms with Gasteiger partial charge >= 0.3 is 255 Å². The summed E-state index contributed by atoms with van der Waals surface area (Å²) in [5, 5.41) is 12.6. The third kappa shape index (κ3) is 6.72. The Morgan fingerprint density at radius 2 is 1.86 bits per heavy atom. The first-order valence-corrected chi connectivity index (χ1v) is 19.9. The van der Waals surface area contributed by atoms with E-state index in [9.17, 15) is 32.3 Å². The summed E-state index contributed by atoms with van der Waals surface area (Å²) in [7, 11) is -3.90. The molecular weight excluding hydrogens is 795 g/mol. The number of piperidine rings is 1. The van der Waals surface area contributed by atoms with Crippen molar-refractivity contribution in [1.82, 2.24) is 20.2 Å². The summed E-state index contributed by atoms with van der Waals surface area (Å²) in [5.41, 5.74) is 1.79. The van der Waals surface area contributed by atoms with Crippen molar-refractivity contribution in [3.63, 3.8) is 0 Å². The summed E-state index contributed by atoms with van der Waals surface area (Å²) >= 11 is -0.792. The summed E-state index contributed by atoms with van der Waals surface area (Å²) in [6, 6.07) is 16.3. The molecule has 0 spiro atoms. The van der Waals surface area contributed by atoms with Gasteiger partial charge in [0.15, 0.2) is 0 Å². The zero-order valence-corrected chi connectivity index (χ0v) is 30.0. The van der Waals surface area contributed by atoms with E-state index >= 15 is 4.39 Å². The van der Waals surface area contributed by atoms with Crippen molar-refractivity contribution >= 4 is 44.3 Å². The average Bonchev–Trinajstić information content (AvgIpc) is 3.67. The zero-order valence-electron chi connectivity index (χ0n) is 27.0. The van der Waals surface area contributed by atoms with Crippen LogP contribution in [0.25, 0.3) is 22.2 Å². The van der Waals surface area contributed by atoms with Gasteiger partial charge in [-0.2, -0.15) is 0 Å². The molecule has 7 rings (SSSR count). The predicted molar refractivity (Wildman–Crippen MR) is 180 cm³/mol. The van der Waals surface area contributed by atoms with Gasteiger partial charge in [0.2, 0.25) is 10.0 Å². The molecule has 51 heavy (non-hydrogen) atoms. The van der Waals surface area contributed by atoms with E-state index in [2.05, 4.69) is 20.0 Å². The van der Waals surface area contributed by atoms with Crippen LogP contribution in [0, 0.1) is 18.8 Å². The van der Waals surface area contributed by atoms with Gasteiger partial charge in [0, 0.05) is 0 Å². The van der Waals surface area contributed by atoms with Crippen LogP contribution in [-0.4, -0.2) is 64.0 Å². The van der Waals surface area contributed by atoms with Crippen molar-refractivity contribution in [2.45, 2.75) is 45.0 Å². The molecule has 264 valence electrons. The number of hydrogen-bond donors (Lipinski definition) is 4. The van der Waals surface area contributed by atoms with Crippen LogP contribution in [0.1, 0.15) is 58.0 Å². The Kier molecular flexibility index (Phi) is 9.36. The number of hydrogen-bond acceptors (Lipinski definition) is 7. The number of aromatic nitrogens is 2. The minimum atomic E-state index is -3.90. The van der Waals surface area contributed by atoms with Crippen LogP contribution in [0.3, 0.4) is 0 Å². The van der Waals surface area contributed by atoms with Gasteiger partial charge in [-0.1, -0.05) is 6.92 Å². The molecule has 0 radical (unpaired) electrons. The second-order valence-electron chi connectivity index (χ2n) is 12.3. The summed E-state index contributed by atoms with van der Waals surface area (Å²) in [5.74, 6) is -4.23. The van der Waals surface area contributed by atoms with Crippen LogP contribution in [0.5, 0.6) is 0 Å². The molecule has 0 bridgehead atoms. The number of rotatable bonds is 10. The fraction of sp³-hybridized carbons (Fsp3) is 0.222. The van der Waals surface area contributed by atoms with Crippen molar-refractivity contribution in [3.8, 4) is 11.1 Å². The number of pyridine rings is 1. The number of halogens is 3. The molecule has 2 aliphatic heterocycles. The van der Waals surface area contributed by atoms with E-state index in [1.165, 1.54) is 6.20 Å². The van der Waals surface area contributed by atoms with Gasteiger partial charge in [-0.3, -0.25) is 4.72 Å². The van der Waals surface area contributed by atoms with E-state index in [4.69, 9.17) is 0 Å². The van der Waals surface area contributed by atoms with E-state index in [1.54, 1.807) is 24.1 Å². The number of amides is 2. The number of carbonyl (C=O) groups excluding carboxylic acids is 3. The number of sulfonamides is 1. The number of aliphatic hydroxyl groups excluding tert-OH is 1. The van der Waals surface area contributed by atoms with Crippen molar-refractivity contribution in [1.29, 1.82) is 0 Å². The Balaban J connectivity index is 1.12. The van der Waals surface area contributed by atoms with Gasteiger partial charge < -0.3 is 0 Å². The van der Waals surface area contributed by atoms with Gasteiger partial charge in [-0.15, -0.1) is 0 Å². The second-order valence-corrected chi connectivity index (χ2v) is 17.1. The molecule has 3 aromatic carbocycles. The van der Waals surface area contributed by atoms with Crippen LogP contribution in [0.15, 0.2) is 73.1 Å². The van der Waals surface area contributed by atoms with Crippen molar-refractivity contribution < 1.29 is 57.9 Å². The van der Waals surface area contributed by atoms with Crippen molar-refractivity contribution in [2.75, 3.05) is 10.5 Å². The molecule has 1 fully saturated rings. The van der Waals surface area contributed by atoms with E-state index in [1.807, 2.05) is 42.5 Å². The monoisotopic (exact) mass is 826 g/mol. The number of benzene rings is 3. The number of aromatic amines is 1. The molecule has 4 N–H and O–H groups in total. The Hall–Kier alpha value is -4.74. The first-order chi connectivity index (χ1) is 24.4. The number of fused-ring (bicyclic) bond motifs is 2. The van der Waals surface area contributed by atoms with Gasteiger partial charge in [0.25, 0.3) is 0 Å². The number of H-pyrrole nitrogens is 1. The van der Waals surface area contributed by atoms with Gasteiger partial charge in [-0.25, -0.2) is 8.42 Å². The molecule has 2 unspecified atom stereocenters. The number of carbonyl (C=O) groups is 3. The number of nitrogens with zero attached hydrogens (tertiary/aromatic N) is 2. The number of nitrogens with one attached hydrogen (secondary N) is 3. The topological polar surface area (TPSA) is 162 Å². The maximum absolute atomic E-state index is 15.5. The summed E-state index contributed by atoms with van der Waals surface area (Å²) in [6.07, 6.45) is 3.07.